The molecule has 2 heterocycles. The summed E-state index contributed by atoms with van der Waals surface area (Å²) in [4.78, 5) is 26.2. The van der Waals surface area contributed by atoms with Gasteiger partial charge < -0.3 is 15.3 Å². The number of rotatable bonds is 6. The third-order valence-electron chi connectivity index (χ3n) is 4.92. The van der Waals surface area contributed by atoms with Gasteiger partial charge in [-0.1, -0.05) is 42.5 Å². The molecule has 0 spiro atoms. The quantitative estimate of drug-likeness (QED) is 0.677. The van der Waals surface area contributed by atoms with E-state index in [9.17, 15) is 14.7 Å². The Morgan fingerprint density at radius 3 is 2.66 bits per heavy atom. The summed E-state index contributed by atoms with van der Waals surface area (Å²) >= 11 is 0. The fourth-order valence-electron chi connectivity index (χ4n) is 3.44. The molecular weight excluding hydrogens is 368 g/mol. The van der Waals surface area contributed by atoms with E-state index in [1.165, 1.54) is 10.9 Å². The van der Waals surface area contributed by atoms with Crippen LogP contribution in [0.3, 0.4) is 0 Å². The maximum absolute atomic E-state index is 12.5. The van der Waals surface area contributed by atoms with E-state index in [0.717, 1.165) is 29.8 Å². The van der Waals surface area contributed by atoms with Gasteiger partial charge in [-0.25, -0.2) is 4.68 Å². The molecule has 0 bridgehead atoms. The molecule has 3 aromatic rings. The number of nitrogens with one attached hydrogen (secondary N) is 1. The molecule has 0 saturated carbocycles. The molecule has 1 saturated heterocycles. The predicted octanol–water partition coefficient (Wildman–Crippen LogP) is 2.63. The second-order valence-electron chi connectivity index (χ2n) is 7.06. The second kappa shape index (κ2) is 8.18. The first-order valence-electron chi connectivity index (χ1n) is 9.58. The zero-order valence-corrected chi connectivity index (χ0v) is 15.9. The number of amides is 2. The normalized spacial score (nSPS) is 13.7. The average molecular weight is 390 g/mol. The molecule has 1 aliphatic rings. The molecule has 2 aromatic carbocycles. The van der Waals surface area contributed by atoms with Gasteiger partial charge in [-0.2, -0.15) is 5.10 Å². The third-order valence-corrected chi connectivity index (χ3v) is 4.92. The fraction of sp³-hybridized carbons (Fsp3) is 0.227. The number of aromatic hydroxyl groups is 1. The van der Waals surface area contributed by atoms with Crippen LogP contribution in [0.1, 0.15) is 34.5 Å². The van der Waals surface area contributed by atoms with E-state index in [4.69, 9.17) is 0 Å². The van der Waals surface area contributed by atoms with Crippen molar-refractivity contribution in [3.8, 4) is 11.4 Å². The van der Waals surface area contributed by atoms with Gasteiger partial charge in [0.25, 0.3) is 5.91 Å². The summed E-state index contributed by atoms with van der Waals surface area (Å²) in [6.45, 7) is 1.68. The van der Waals surface area contributed by atoms with Crippen molar-refractivity contribution in [1.82, 2.24) is 20.0 Å². The summed E-state index contributed by atoms with van der Waals surface area (Å²) in [5.74, 6) is -0.432. The Balaban J connectivity index is 1.40. The van der Waals surface area contributed by atoms with Crippen molar-refractivity contribution in [2.45, 2.75) is 25.9 Å². The lowest BCUT2D eigenvalue weighted by Gasteiger charge is -2.16. The first-order chi connectivity index (χ1) is 14.1. The summed E-state index contributed by atoms with van der Waals surface area (Å²) < 4.78 is 1.47. The molecule has 29 heavy (non-hydrogen) atoms. The average Bonchev–Trinajstić information content (AvgIpc) is 3.33. The minimum atomic E-state index is -0.447. The number of likely N-dealkylation sites (tertiary alicyclic amines) is 1. The van der Waals surface area contributed by atoms with Crippen LogP contribution in [0.15, 0.2) is 60.8 Å². The number of nitrogens with zero attached hydrogens (tertiary/aromatic N) is 3. The number of aromatic nitrogens is 2. The summed E-state index contributed by atoms with van der Waals surface area (Å²) in [6.07, 6.45) is 2.94. The number of carbonyl (C=O) groups excluding carboxylic acids is 2. The van der Waals surface area contributed by atoms with Gasteiger partial charge in [-0.3, -0.25) is 9.59 Å². The van der Waals surface area contributed by atoms with Gasteiger partial charge in [-0.05, 0) is 29.7 Å². The van der Waals surface area contributed by atoms with E-state index in [-0.39, 0.29) is 17.4 Å². The summed E-state index contributed by atoms with van der Waals surface area (Å²) in [7, 11) is 0. The number of hydrogen-bond acceptors (Lipinski definition) is 4. The van der Waals surface area contributed by atoms with Crippen molar-refractivity contribution in [1.29, 1.82) is 0 Å². The van der Waals surface area contributed by atoms with E-state index in [1.807, 2.05) is 59.5 Å². The SMILES string of the molecule is O=C(NCc1cccc(CN2CCCC2=O)c1)c1nn(-c2ccccc2)cc1O. The molecule has 1 aromatic heterocycles. The van der Waals surface area contributed by atoms with Gasteiger partial charge in [0.1, 0.15) is 0 Å². The number of hydrogen-bond donors (Lipinski definition) is 2. The van der Waals surface area contributed by atoms with Crippen LogP contribution in [0.4, 0.5) is 0 Å². The molecule has 1 fully saturated rings. The molecule has 4 rings (SSSR count). The molecule has 0 atom stereocenters. The smallest absolute Gasteiger partial charge is 0.275 e. The predicted molar refractivity (Wildman–Crippen MR) is 107 cm³/mol. The Morgan fingerprint density at radius 2 is 1.90 bits per heavy atom. The maximum atomic E-state index is 12.5. The number of benzene rings is 2. The first-order valence-corrected chi connectivity index (χ1v) is 9.58. The van der Waals surface area contributed by atoms with Crippen LogP contribution < -0.4 is 5.32 Å². The lowest BCUT2D eigenvalue weighted by Crippen LogP contribution is -2.25. The third kappa shape index (κ3) is 4.29. The van der Waals surface area contributed by atoms with Gasteiger partial charge in [0, 0.05) is 26.1 Å². The Morgan fingerprint density at radius 1 is 1.10 bits per heavy atom. The van der Waals surface area contributed by atoms with Crippen molar-refractivity contribution in [2.75, 3.05) is 6.54 Å². The first kappa shape index (κ1) is 18.7. The standard InChI is InChI=1S/C22H22N4O3/c27-19-15-26(18-8-2-1-3-9-18)24-21(19)22(29)23-13-16-6-4-7-17(12-16)14-25-11-5-10-20(25)28/h1-4,6-9,12,15,27H,5,10-11,13-14H2,(H,23,29). The zero-order valence-electron chi connectivity index (χ0n) is 15.9. The largest absolute Gasteiger partial charge is 0.504 e. The van der Waals surface area contributed by atoms with E-state index in [2.05, 4.69) is 10.4 Å². The summed E-state index contributed by atoms with van der Waals surface area (Å²) in [6, 6.07) is 17.1. The summed E-state index contributed by atoms with van der Waals surface area (Å²) in [5.41, 5.74) is 2.69. The lowest BCUT2D eigenvalue weighted by atomic mass is 10.1. The van der Waals surface area contributed by atoms with E-state index in [0.29, 0.717) is 19.5 Å². The van der Waals surface area contributed by atoms with Crippen LogP contribution in [-0.2, 0) is 17.9 Å². The molecular formula is C22H22N4O3. The Labute approximate surface area is 168 Å². The van der Waals surface area contributed by atoms with Crippen LogP contribution in [0.5, 0.6) is 5.75 Å². The van der Waals surface area contributed by atoms with Gasteiger partial charge in [0.15, 0.2) is 11.4 Å². The monoisotopic (exact) mass is 390 g/mol. The maximum Gasteiger partial charge on any atom is 0.275 e. The van der Waals surface area contributed by atoms with Gasteiger partial charge in [0.2, 0.25) is 5.91 Å². The highest BCUT2D eigenvalue weighted by Crippen LogP contribution is 2.19. The van der Waals surface area contributed by atoms with Crippen LogP contribution >= 0.6 is 0 Å². The minimum Gasteiger partial charge on any atom is -0.504 e. The molecule has 0 unspecified atom stereocenters. The Bertz CT molecular complexity index is 1030. The Kier molecular flexibility index (Phi) is 5.29. The van der Waals surface area contributed by atoms with Crippen LogP contribution in [0.25, 0.3) is 5.69 Å². The van der Waals surface area contributed by atoms with Crippen LogP contribution in [0.2, 0.25) is 0 Å². The lowest BCUT2D eigenvalue weighted by molar-refractivity contribution is -0.128. The highest BCUT2D eigenvalue weighted by molar-refractivity contribution is 5.94. The molecule has 148 valence electrons. The minimum absolute atomic E-state index is 0.0207. The van der Waals surface area contributed by atoms with Crippen molar-refractivity contribution in [2.24, 2.45) is 0 Å². The van der Waals surface area contributed by atoms with Crippen LogP contribution in [0, 0.1) is 0 Å². The molecule has 7 nitrogen and oxygen atoms in total. The van der Waals surface area contributed by atoms with E-state index in [1.54, 1.807) is 0 Å². The van der Waals surface area contributed by atoms with Crippen molar-refractivity contribution >= 4 is 11.8 Å². The van der Waals surface area contributed by atoms with Crippen molar-refractivity contribution in [3.05, 3.63) is 77.6 Å². The van der Waals surface area contributed by atoms with Gasteiger partial charge >= 0.3 is 0 Å². The second-order valence-corrected chi connectivity index (χ2v) is 7.06. The topological polar surface area (TPSA) is 87.5 Å². The van der Waals surface area contributed by atoms with Crippen molar-refractivity contribution in [3.63, 3.8) is 0 Å². The highest BCUT2D eigenvalue weighted by atomic mass is 16.3. The molecule has 2 N–H and O–H groups in total. The van der Waals surface area contributed by atoms with Crippen LogP contribution in [-0.4, -0.2) is 38.1 Å². The molecule has 2 amide bonds. The molecule has 1 aliphatic heterocycles. The molecule has 0 radical (unpaired) electrons. The Hall–Kier alpha value is -3.61. The molecule has 0 aliphatic carbocycles. The highest BCUT2D eigenvalue weighted by Gasteiger charge is 2.20. The summed E-state index contributed by atoms with van der Waals surface area (Å²) in [5, 5.41) is 17.1. The van der Waals surface area contributed by atoms with Gasteiger partial charge in [-0.15, -0.1) is 0 Å². The number of para-hydroxylation sites is 1. The van der Waals surface area contributed by atoms with Gasteiger partial charge in [0.05, 0.1) is 11.9 Å². The number of carbonyl (C=O) groups is 2. The van der Waals surface area contributed by atoms with E-state index >= 15 is 0 Å². The zero-order chi connectivity index (χ0) is 20.2. The van der Waals surface area contributed by atoms with Crippen molar-refractivity contribution < 1.29 is 14.7 Å². The fourth-order valence-corrected chi connectivity index (χ4v) is 3.44. The van der Waals surface area contributed by atoms with E-state index < -0.39 is 5.91 Å². The molecule has 7 heteroatoms.